The van der Waals surface area contributed by atoms with Crippen LogP contribution in [0.2, 0.25) is 0 Å². The summed E-state index contributed by atoms with van der Waals surface area (Å²) in [5.74, 6) is 0.359. The fourth-order valence-electron chi connectivity index (χ4n) is 3.24. The number of thiazole rings is 1. The molecule has 0 bridgehead atoms. The van der Waals surface area contributed by atoms with Crippen molar-refractivity contribution in [1.82, 2.24) is 9.55 Å². The van der Waals surface area contributed by atoms with Gasteiger partial charge in [-0.2, -0.15) is 5.26 Å². The summed E-state index contributed by atoms with van der Waals surface area (Å²) in [6.07, 6.45) is 4.31. The molecule has 1 amide bonds. The Labute approximate surface area is 196 Å². The lowest BCUT2D eigenvalue weighted by molar-refractivity contribution is -0.112. The average Bonchev–Trinajstić information content (AvgIpc) is 3.51. The van der Waals surface area contributed by atoms with E-state index in [-0.39, 0.29) is 5.57 Å². The minimum atomic E-state index is -0.480. The van der Waals surface area contributed by atoms with E-state index < -0.39 is 5.91 Å². The largest absolute Gasteiger partial charge is 0.494 e. The molecule has 0 saturated carbocycles. The second kappa shape index (κ2) is 10.9. The lowest BCUT2D eigenvalue weighted by Crippen LogP contribution is -2.13. The predicted molar refractivity (Wildman–Crippen MR) is 131 cm³/mol. The molecule has 6 nitrogen and oxygen atoms in total. The van der Waals surface area contributed by atoms with Gasteiger partial charge in [-0.05, 0) is 36.8 Å². The van der Waals surface area contributed by atoms with Crippen LogP contribution >= 0.6 is 11.3 Å². The number of nitrogens with one attached hydrogen (secondary N) is 1. The van der Waals surface area contributed by atoms with Crippen LogP contribution in [0.4, 0.5) is 5.13 Å². The number of hydrogen-bond donors (Lipinski definition) is 1. The Hall–Kier alpha value is -4.15. The number of hydrogen-bond acceptors (Lipinski definition) is 5. The molecule has 4 rings (SSSR count). The van der Waals surface area contributed by atoms with Crippen molar-refractivity contribution in [2.75, 3.05) is 11.9 Å². The Balaban J connectivity index is 1.37. The topological polar surface area (TPSA) is 79.9 Å². The summed E-state index contributed by atoms with van der Waals surface area (Å²) in [6, 6.07) is 25.2. The summed E-state index contributed by atoms with van der Waals surface area (Å²) < 4.78 is 7.73. The first-order valence-electron chi connectivity index (χ1n) is 10.5. The van der Waals surface area contributed by atoms with Crippen LogP contribution in [0, 0.1) is 11.3 Å². The zero-order valence-corrected chi connectivity index (χ0v) is 18.7. The molecule has 0 radical (unpaired) electrons. The van der Waals surface area contributed by atoms with Crippen LogP contribution in [0.1, 0.15) is 12.1 Å². The van der Waals surface area contributed by atoms with E-state index in [1.54, 1.807) is 6.08 Å². The third kappa shape index (κ3) is 5.97. The average molecular weight is 455 g/mol. The van der Waals surface area contributed by atoms with Gasteiger partial charge in [0.1, 0.15) is 17.4 Å². The molecule has 0 aliphatic carbocycles. The monoisotopic (exact) mass is 454 g/mol. The van der Waals surface area contributed by atoms with Gasteiger partial charge in [0.15, 0.2) is 5.13 Å². The second-order valence-corrected chi connectivity index (χ2v) is 8.03. The normalized spacial score (nSPS) is 11.1. The van der Waals surface area contributed by atoms with Gasteiger partial charge in [-0.3, -0.25) is 10.1 Å². The van der Waals surface area contributed by atoms with E-state index >= 15 is 0 Å². The van der Waals surface area contributed by atoms with Gasteiger partial charge < -0.3 is 9.30 Å². The maximum absolute atomic E-state index is 12.7. The number of carbonyl (C=O) groups excluding carboxylic acids is 1. The Morgan fingerprint density at radius 1 is 1.09 bits per heavy atom. The molecule has 0 unspecified atom stereocenters. The summed E-state index contributed by atoms with van der Waals surface area (Å²) in [5, 5.41) is 14.6. The number of aryl methyl sites for hydroxylation is 1. The van der Waals surface area contributed by atoms with E-state index in [1.165, 1.54) is 11.3 Å². The predicted octanol–water partition coefficient (Wildman–Crippen LogP) is 5.63. The summed E-state index contributed by atoms with van der Waals surface area (Å²) in [7, 11) is 0. The standard InChI is InChI=1S/C26H22N4O2S/c27-18-21(25(31)29-26-28-24(19-33-26)20-9-3-1-4-10-20)17-22-11-7-14-30(22)15-8-16-32-23-12-5-2-6-13-23/h1-7,9-14,17,19H,8,15-16H2,(H,28,29,31)/b21-17-. The fraction of sp³-hybridized carbons (Fsp3) is 0.115. The van der Waals surface area contributed by atoms with Crippen molar-refractivity contribution in [2.24, 2.45) is 0 Å². The molecular formula is C26H22N4O2S. The minimum absolute atomic E-state index is 0.0203. The highest BCUT2D eigenvalue weighted by molar-refractivity contribution is 7.14. The van der Waals surface area contributed by atoms with Gasteiger partial charge in [0.05, 0.1) is 12.3 Å². The molecule has 164 valence electrons. The Bertz CT molecular complexity index is 1270. The third-order valence-corrected chi connectivity index (χ3v) is 5.63. The van der Waals surface area contributed by atoms with Crippen molar-refractivity contribution in [3.05, 3.63) is 95.6 Å². The Kier molecular flexibility index (Phi) is 7.31. The lowest BCUT2D eigenvalue weighted by Gasteiger charge is -2.09. The van der Waals surface area contributed by atoms with Gasteiger partial charge in [-0.15, -0.1) is 11.3 Å². The number of rotatable bonds is 9. The smallest absolute Gasteiger partial charge is 0.268 e. The molecular weight excluding hydrogens is 432 g/mol. The zero-order chi connectivity index (χ0) is 22.9. The number of nitrogens with zero attached hydrogens (tertiary/aromatic N) is 3. The van der Waals surface area contributed by atoms with Crippen molar-refractivity contribution >= 4 is 28.5 Å². The summed E-state index contributed by atoms with van der Waals surface area (Å²) in [4.78, 5) is 17.1. The minimum Gasteiger partial charge on any atom is -0.494 e. The Morgan fingerprint density at radius 2 is 1.85 bits per heavy atom. The molecule has 0 aliphatic rings. The van der Waals surface area contributed by atoms with Crippen molar-refractivity contribution in [1.29, 1.82) is 5.26 Å². The van der Waals surface area contributed by atoms with Crippen molar-refractivity contribution in [3.63, 3.8) is 0 Å². The molecule has 7 heteroatoms. The van der Waals surface area contributed by atoms with E-state index in [1.807, 2.05) is 95.0 Å². The number of anilines is 1. The SMILES string of the molecule is N#C/C(=C/c1cccn1CCCOc1ccccc1)C(=O)Nc1nc(-c2ccccc2)cs1. The summed E-state index contributed by atoms with van der Waals surface area (Å²) >= 11 is 1.32. The molecule has 0 fully saturated rings. The van der Waals surface area contributed by atoms with Crippen molar-refractivity contribution in [3.8, 4) is 23.1 Å². The summed E-state index contributed by atoms with van der Waals surface area (Å²) in [6.45, 7) is 1.28. The maximum Gasteiger partial charge on any atom is 0.268 e. The number of nitriles is 1. The van der Waals surface area contributed by atoms with E-state index in [0.717, 1.165) is 29.1 Å². The zero-order valence-electron chi connectivity index (χ0n) is 17.8. The molecule has 2 aromatic heterocycles. The highest BCUT2D eigenvalue weighted by Gasteiger charge is 2.13. The molecule has 0 aliphatic heterocycles. The van der Waals surface area contributed by atoms with Crippen LogP contribution in [0.3, 0.4) is 0 Å². The third-order valence-electron chi connectivity index (χ3n) is 4.87. The molecule has 2 heterocycles. The molecule has 2 aromatic carbocycles. The number of benzene rings is 2. The first-order valence-corrected chi connectivity index (χ1v) is 11.4. The van der Waals surface area contributed by atoms with Gasteiger partial charge >= 0.3 is 0 Å². The van der Waals surface area contributed by atoms with Crippen LogP contribution in [0.5, 0.6) is 5.75 Å². The first kappa shape index (κ1) is 22.1. The molecule has 0 atom stereocenters. The first-order chi connectivity index (χ1) is 16.2. The number of amides is 1. The van der Waals surface area contributed by atoms with Crippen molar-refractivity contribution in [2.45, 2.75) is 13.0 Å². The maximum atomic E-state index is 12.7. The van der Waals surface area contributed by atoms with Crippen LogP contribution in [-0.4, -0.2) is 22.1 Å². The van der Waals surface area contributed by atoms with E-state index in [0.29, 0.717) is 18.3 Å². The number of carbonyl (C=O) groups is 1. The van der Waals surface area contributed by atoms with Gasteiger partial charge in [0.25, 0.3) is 5.91 Å². The van der Waals surface area contributed by atoms with Gasteiger partial charge in [-0.1, -0.05) is 48.5 Å². The Morgan fingerprint density at radius 3 is 2.61 bits per heavy atom. The van der Waals surface area contributed by atoms with E-state index in [2.05, 4.69) is 10.3 Å². The highest BCUT2D eigenvalue weighted by Crippen LogP contribution is 2.25. The summed E-state index contributed by atoms with van der Waals surface area (Å²) in [5.41, 5.74) is 2.56. The lowest BCUT2D eigenvalue weighted by atomic mass is 10.2. The van der Waals surface area contributed by atoms with Gasteiger partial charge in [0, 0.05) is 29.4 Å². The second-order valence-electron chi connectivity index (χ2n) is 7.17. The number of para-hydroxylation sites is 1. The van der Waals surface area contributed by atoms with Crippen LogP contribution in [-0.2, 0) is 11.3 Å². The van der Waals surface area contributed by atoms with Crippen LogP contribution in [0.25, 0.3) is 17.3 Å². The fourth-order valence-corrected chi connectivity index (χ4v) is 3.95. The number of aromatic nitrogens is 2. The van der Waals surface area contributed by atoms with E-state index in [9.17, 15) is 10.1 Å². The van der Waals surface area contributed by atoms with Gasteiger partial charge in [0.2, 0.25) is 0 Å². The quantitative estimate of drug-likeness (QED) is 0.202. The van der Waals surface area contributed by atoms with E-state index in [4.69, 9.17) is 4.74 Å². The molecule has 4 aromatic rings. The number of ether oxygens (including phenoxy) is 1. The van der Waals surface area contributed by atoms with Crippen molar-refractivity contribution < 1.29 is 9.53 Å². The molecule has 0 spiro atoms. The van der Waals surface area contributed by atoms with Crippen LogP contribution < -0.4 is 10.1 Å². The molecule has 1 N–H and O–H groups in total. The van der Waals surface area contributed by atoms with Gasteiger partial charge in [-0.25, -0.2) is 4.98 Å². The van der Waals surface area contributed by atoms with Crippen LogP contribution in [0.15, 0.2) is 89.9 Å². The molecule has 0 saturated heterocycles. The highest BCUT2D eigenvalue weighted by atomic mass is 32.1. The molecule has 33 heavy (non-hydrogen) atoms.